The number of amides is 1. The number of halogens is 2. The fourth-order valence-electron chi connectivity index (χ4n) is 2.39. The van der Waals surface area contributed by atoms with Gasteiger partial charge < -0.3 is 9.47 Å². The molecule has 2 aromatic rings. The molecule has 0 atom stereocenters. The third-order valence-electron chi connectivity index (χ3n) is 3.64. The second kappa shape index (κ2) is 9.95. The summed E-state index contributed by atoms with van der Waals surface area (Å²) in [6.45, 7) is -0.452. The van der Waals surface area contributed by atoms with Crippen molar-refractivity contribution in [1.82, 2.24) is 5.43 Å². The van der Waals surface area contributed by atoms with Crippen LogP contribution in [0.4, 0.5) is 5.69 Å². The van der Waals surface area contributed by atoms with Crippen LogP contribution in [-0.2, 0) is 14.8 Å². The molecule has 0 aromatic heterocycles. The van der Waals surface area contributed by atoms with Gasteiger partial charge in [-0.2, -0.15) is 5.10 Å². The molecule has 1 amide bonds. The number of sulfonamides is 1. The van der Waals surface area contributed by atoms with Crippen LogP contribution in [0.3, 0.4) is 0 Å². The highest BCUT2D eigenvalue weighted by molar-refractivity contribution is 9.10. The van der Waals surface area contributed by atoms with E-state index in [2.05, 4.69) is 26.5 Å². The SMILES string of the molecule is COc1cc(/C=N\NC(=O)CN(c2cccc(Cl)c2)S(C)(=O)=O)cc(Br)c1OC. The number of hydrogen-bond donors (Lipinski definition) is 1. The highest BCUT2D eigenvalue weighted by atomic mass is 79.9. The molecule has 0 fully saturated rings. The minimum atomic E-state index is -3.70. The summed E-state index contributed by atoms with van der Waals surface area (Å²) in [5.41, 5.74) is 3.22. The van der Waals surface area contributed by atoms with Gasteiger partial charge in [-0.05, 0) is 51.8 Å². The summed E-state index contributed by atoms with van der Waals surface area (Å²) in [5.74, 6) is 0.393. The summed E-state index contributed by atoms with van der Waals surface area (Å²) >= 11 is 9.29. The van der Waals surface area contributed by atoms with E-state index in [4.69, 9.17) is 21.1 Å². The maximum Gasteiger partial charge on any atom is 0.260 e. The maximum absolute atomic E-state index is 12.2. The lowest BCUT2D eigenvalue weighted by Crippen LogP contribution is -2.39. The van der Waals surface area contributed by atoms with Crippen molar-refractivity contribution in [2.75, 3.05) is 31.3 Å². The Labute approximate surface area is 182 Å². The molecular weight excluding hydrogens is 486 g/mol. The van der Waals surface area contributed by atoms with Crippen LogP contribution in [0, 0.1) is 0 Å². The van der Waals surface area contributed by atoms with Gasteiger partial charge >= 0.3 is 0 Å². The quantitative estimate of drug-likeness (QED) is 0.440. The van der Waals surface area contributed by atoms with E-state index in [0.717, 1.165) is 10.6 Å². The first-order chi connectivity index (χ1) is 13.7. The number of carbonyl (C=O) groups is 1. The molecule has 2 rings (SSSR count). The minimum Gasteiger partial charge on any atom is -0.493 e. The summed E-state index contributed by atoms with van der Waals surface area (Å²) in [6, 6.07) is 9.61. The number of carbonyl (C=O) groups excluding carboxylic acids is 1. The number of nitrogens with zero attached hydrogens (tertiary/aromatic N) is 2. The number of ether oxygens (including phenoxy) is 2. The number of anilines is 1. The van der Waals surface area contributed by atoms with Gasteiger partial charge in [0.15, 0.2) is 11.5 Å². The maximum atomic E-state index is 12.2. The zero-order valence-electron chi connectivity index (χ0n) is 15.8. The Kier molecular flexibility index (Phi) is 7.88. The standard InChI is InChI=1S/C18H19BrClN3O5S/c1-27-16-8-12(7-15(19)18(16)28-2)10-21-22-17(24)11-23(29(3,25)26)14-6-4-5-13(20)9-14/h4-10H,11H2,1-3H3,(H,22,24)/b21-10-. The molecule has 29 heavy (non-hydrogen) atoms. The van der Waals surface area contributed by atoms with E-state index in [1.165, 1.54) is 26.5 Å². The molecule has 1 N–H and O–H groups in total. The minimum absolute atomic E-state index is 0.281. The Morgan fingerprint density at radius 1 is 1.28 bits per heavy atom. The molecule has 8 nitrogen and oxygen atoms in total. The Morgan fingerprint density at radius 2 is 2.00 bits per heavy atom. The smallest absolute Gasteiger partial charge is 0.260 e. The van der Waals surface area contributed by atoms with Crippen molar-refractivity contribution in [3.63, 3.8) is 0 Å². The molecule has 0 radical (unpaired) electrons. The summed E-state index contributed by atoms with van der Waals surface area (Å²) in [4.78, 5) is 12.2. The molecule has 0 spiro atoms. The van der Waals surface area contributed by atoms with E-state index in [9.17, 15) is 13.2 Å². The Bertz CT molecular complexity index is 1030. The second-order valence-corrected chi connectivity index (χ2v) is 8.98. The van der Waals surface area contributed by atoms with Gasteiger partial charge in [-0.15, -0.1) is 0 Å². The molecule has 0 saturated heterocycles. The van der Waals surface area contributed by atoms with Gasteiger partial charge in [0.05, 0.1) is 36.9 Å². The van der Waals surface area contributed by atoms with Gasteiger partial charge in [0.25, 0.3) is 5.91 Å². The summed E-state index contributed by atoms with van der Waals surface area (Å²) < 4.78 is 36.2. The fourth-order valence-corrected chi connectivity index (χ4v) is 4.04. The van der Waals surface area contributed by atoms with E-state index in [0.29, 0.717) is 26.6 Å². The van der Waals surface area contributed by atoms with Crippen LogP contribution in [0.15, 0.2) is 46.0 Å². The molecule has 11 heteroatoms. The average Bonchev–Trinajstić information content (AvgIpc) is 2.64. The van der Waals surface area contributed by atoms with E-state index in [-0.39, 0.29) is 5.69 Å². The van der Waals surface area contributed by atoms with Crippen LogP contribution in [0.5, 0.6) is 11.5 Å². The van der Waals surface area contributed by atoms with Crippen LogP contribution in [0.2, 0.25) is 5.02 Å². The van der Waals surface area contributed by atoms with E-state index >= 15 is 0 Å². The van der Waals surface area contributed by atoms with Gasteiger partial charge in [0.1, 0.15) is 6.54 Å². The van der Waals surface area contributed by atoms with Crippen molar-refractivity contribution in [3.05, 3.63) is 51.5 Å². The van der Waals surface area contributed by atoms with Gasteiger partial charge in [0.2, 0.25) is 10.0 Å². The lowest BCUT2D eigenvalue weighted by atomic mass is 10.2. The molecule has 0 heterocycles. The molecule has 0 unspecified atom stereocenters. The predicted octanol–water partition coefficient (Wildman–Crippen LogP) is 3.04. The molecule has 156 valence electrons. The first-order valence-corrected chi connectivity index (χ1v) is 11.1. The van der Waals surface area contributed by atoms with Crippen molar-refractivity contribution in [2.24, 2.45) is 5.10 Å². The topological polar surface area (TPSA) is 97.3 Å². The molecule has 0 aliphatic rings. The second-order valence-electron chi connectivity index (χ2n) is 5.78. The fraction of sp³-hybridized carbons (Fsp3) is 0.222. The molecule has 2 aromatic carbocycles. The number of rotatable bonds is 8. The van der Waals surface area contributed by atoms with Crippen molar-refractivity contribution in [1.29, 1.82) is 0 Å². The van der Waals surface area contributed by atoms with Gasteiger partial charge in [-0.3, -0.25) is 9.10 Å². The van der Waals surface area contributed by atoms with Crippen LogP contribution in [-0.4, -0.2) is 47.6 Å². The molecule has 0 bridgehead atoms. The van der Waals surface area contributed by atoms with Crippen molar-refractivity contribution in [2.45, 2.75) is 0 Å². The van der Waals surface area contributed by atoms with Crippen molar-refractivity contribution < 1.29 is 22.7 Å². The summed E-state index contributed by atoms with van der Waals surface area (Å²) in [6.07, 6.45) is 2.40. The predicted molar refractivity (Wildman–Crippen MR) is 117 cm³/mol. The van der Waals surface area contributed by atoms with Gasteiger partial charge in [-0.25, -0.2) is 13.8 Å². The van der Waals surface area contributed by atoms with Crippen LogP contribution < -0.4 is 19.2 Å². The van der Waals surface area contributed by atoms with E-state index in [1.807, 2.05) is 0 Å². The van der Waals surface area contributed by atoms with Crippen molar-refractivity contribution in [3.8, 4) is 11.5 Å². The van der Waals surface area contributed by atoms with Crippen LogP contribution in [0.1, 0.15) is 5.56 Å². The first kappa shape index (κ1) is 23.0. The van der Waals surface area contributed by atoms with Crippen LogP contribution >= 0.6 is 27.5 Å². The largest absolute Gasteiger partial charge is 0.493 e. The molecular formula is C18H19BrClN3O5S. The van der Waals surface area contributed by atoms with E-state index in [1.54, 1.807) is 30.3 Å². The van der Waals surface area contributed by atoms with Gasteiger partial charge in [0, 0.05) is 5.02 Å². The highest BCUT2D eigenvalue weighted by Gasteiger charge is 2.21. The number of hydrogen-bond acceptors (Lipinski definition) is 6. The van der Waals surface area contributed by atoms with Gasteiger partial charge in [-0.1, -0.05) is 17.7 Å². The number of benzene rings is 2. The highest BCUT2D eigenvalue weighted by Crippen LogP contribution is 2.35. The van der Waals surface area contributed by atoms with Crippen molar-refractivity contribution >= 4 is 55.4 Å². The zero-order valence-corrected chi connectivity index (χ0v) is 19.0. The Hall–Kier alpha value is -2.30. The number of methoxy groups -OCH3 is 2. The van der Waals surface area contributed by atoms with Crippen LogP contribution in [0.25, 0.3) is 0 Å². The first-order valence-electron chi connectivity index (χ1n) is 8.12. The molecule has 0 saturated carbocycles. The lowest BCUT2D eigenvalue weighted by Gasteiger charge is -2.21. The zero-order chi connectivity index (χ0) is 21.6. The Morgan fingerprint density at radius 3 is 2.59 bits per heavy atom. The Balaban J connectivity index is 2.12. The molecule has 0 aliphatic heterocycles. The monoisotopic (exact) mass is 503 g/mol. The molecule has 0 aliphatic carbocycles. The average molecular weight is 505 g/mol. The summed E-state index contributed by atoms with van der Waals surface area (Å²) in [7, 11) is -0.683. The number of hydrazone groups is 1. The summed E-state index contributed by atoms with van der Waals surface area (Å²) in [5, 5.41) is 4.23. The third kappa shape index (κ3) is 6.34. The lowest BCUT2D eigenvalue weighted by molar-refractivity contribution is -0.119. The number of nitrogens with one attached hydrogen (secondary N) is 1. The third-order valence-corrected chi connectivity index (χ3v) is 5.61. The normalized spacial score (nSPS) is 11.3. The van der Waals surface area contributed by atoms with E-state index < -0.39 is 22.5 Å².